The summed E-state index contributed by atoms with van der Waals surface area (Å²) in [5.41, 5.74) is -0.278. The van der Waals surface area contributed by atoms with E-state index < -0.39 is 17.7 Å². The maximum Gasteiger partial charge on any atom is 0.254 e. The summed E-state index contributed by atoms with van der Waals surface area (Å²) in [5, 5.41) is 3.41. The molecule has 1 aliphatic rings. The van der Waals surface area contributed by atoms with Crippen molar-refractivity contribution in [1.82, 2.24) is 10.3 Å². The number of thioether (sulfide) groups is 1. The van der Waals surface area contributed by atoms with Crippen molar-refractivity contribution in [2.24, 2.45) is 0 Å². The van der Waals surface area contributed by atoms with E-state index in [-0.39, 0.29) is 11.6 Å². The minimum atomic E-state index is -1.24. The van der Waals surface area contributed by atoms with Gasteiger partial charge in [-0.3, -0.25) is 4.79 Å². The Morgan fingerprint density at radius 1 is 1.37 bits per heavy atom. The molecule has 1 amide bonds. The molecule has 0 unspecified atom stereocenters. The molecule has 3 nitrogen and oxygen atoms in total. The molecule has 0 radical (unpaired) electrons. The van der Waals surface area contributed by atoms with E-state index in [0.29, 0.717) is 5.25 Å². The number of nitrogens with zero attached hydrogens (tertiary/aromatic N) is 1. The quantitative estimate of drug-likeness (QED) is 0.869. The summed E-state index contributed by atoms with van der Waals surface area (Å²) < 4.78 is 26.4. The third kappa shape index (κ3) is 3.43. The predicted molar refractivity (Wildman–Crippen MR) is 71.2 cm³/mol. The van der Waals surface area contributed by atoms with E-state index in [1.54, 1.807) is 0 Å². The van der Waals surface area contributed by atoms with Crippen LogP contribution in [-0.2, 0) is 0 Å². The number of pyridine rings is 1. The van der Waals surface area contributed by atoms with Crippen LogP contribution in [0.3, 0.4) is 0 Å². The summed E-state index contributed by atoms with van der Waals surface area (Å²) in [6, 6.07) is 1.24. The van der Waals surface area contributed by atoms with Gasteiger partial charge in [-0.1, -0.05) is 0 Å². The second-order valence-electron chi connectivity index (χ2n) is 4.65. The van der Waals surface area contributed by atoms with E-state index in [1.165, 1.54) is 6.07 Å². The number of hydrogen-bond acceptors (Lipinski definition) is 3. The Bertz CT molecular complexity index is 462. The molecule has 0 atom stereocenters. The number of amides is 1. The van der Waals surface area contributed by atoms with Crippen molar-refractivity contribution in [3.8, 4) is 0 Å². The first kappa shape index (κ1) is 14.2. The van der Waals surface area contributed by atoms with E-state index in [1.807, 2.05) is 11.8 Å². The molecule has 1 aromatic rings. The fourth-order valence-corrected chi connectivity index (χ4v) is 3.04. The summed E-state index contributed by atoms with van der Waals surface area (Å²) in [7, 11) is 0. The minimum Gasteiger partial charge on any atom is -0.349 e. The maximum atomic E-state index is 13.4. The molecule has 19 heavy (non-hydrogen) atoms. The lowest BCUT2D eigenvalue weighted by Crippen LogP contribution is -2.38. The Hall–Kier alpha value is -1.17. The molecule has 0 bridgehead atoms. The highest BCUT2D eigenvalue weighted by molar-refractivity contribution is 7.99. The Morgan fingerprint density at radius 2 is 2.05 bits per heavy atom. The molecule has 1 aromatic heterocycles. The van der Waals surface area contributed by atoms with Crippen LogP contribution in [0.2, 0.25) is 0 Å². The number of nitrogens with one attached hydrogen (secondary N) is 1. The second-order valence-corrected chi connectivity index (χ2v) is 5.78. The third-order valence-corrected chi connectivity index (χ3v) is 4.57. The number of halogens is 2. The van der Waals surface area contributed by atoms with E-state index in [4.69, 9.17) is 0 Å². The molecular formula is C13H16F2N2OS. The molecule has 1 fully saturated rings. The maximum absolute atomic E-state index is 13.4. The van der Waals surface area contributed by atoms with Crippen molar-refractivity contribution in [1.29, 1.82) is 0 Å². The first-order valence-corrected chi connectivity index (χ1v) is 7.54. The van der Waals surface area contributed by atoms with E-state index in [9.17, 15) is 13.6 Å². The van der Waals surface area contributed by atoms with Gasteiger partial charge in [0.1, 0.15) is 0 Å². The standard InChI is InChI=1S/C13H16F2N2OS/c1-19-9-4-2-8(3-5-9)17-13(18)10-6-7-16-12(15)11(10)14/h6-9H,2-5H2,1H3,(H,17,18). The number of aromatic nitrogens is 1. The average molecular weight is 286 g/mol. The zero-order valence-electron chi connectivity index (χ0n) is 10.7. The fourth-order valence-electron chi connectivity index (χ4n) is 2.30. The first-order valence-electron chi connectivity index (χ1n) is 6.25. The smallest absolute Gasteiger partial charge is 0.254 e. The molecule has 6 heteroatoms. The normalized spacial score (nSPS) is 23.1. The van der Waals surface area contributed by atoms with Crippen LogP contribution in [0.15, 0.2) is 12.3 Å². The van der Waals surface area contributed by atoms with Crippen LogP contribution in [-0.4, -0.2) is 28.4 Å². The van der Waals surface area contributed by atoms with E-state index >= 15 is 0 Å². The largest absolute Gasteiger partial charge is 0.349 e. The monoisotopic (exact) mass is 286 g/mol. The van der Waals surface area contributed by atoms with Crippen LogP contribution < -0.4 is 5.32 Å². The van der Waals surface area contributed by atoms with Crippen molar-refractivity contribution in [2.75, 3.05) is 6.26 Å². The SMILES string of the molecule is CSC1CCC(NC(=O)c2ccnc(F)c2F)CC1. The molecule has 1 saturated carbocycles. The number of carbonyl (C=O) groups is 1. The molecular weight excluding hydrogens is 270 g/mol. The molecule has 2 rings (SSSR count). The van der Waals surface area contributed by atoms with Crippen molar-refractivity contribution >= 4 is 17.7 Å². The van der Waals surface area contributed by atoms with Gasteiger partial charge in [-0.15, -0.1) is 0 Å². The minimum absolute atomic E-state index is 0.0477. The molecule has 0 spiro atoms. The van der Waals surface area contributed by atoms with Crippen molar-refractivity contribution < 1.29 is 13.6 Å². The van der Waals surface area contributed by atoms with Crippen LogP contribution in [0, 0.1) is 11.8 Å². The Balaban J connectivity index is 1.96. The lowest BCUT2D eigenvalue weighted by Gasteiger charge is -2.28. The number of rotatable bonds is 3. The van der Waals surface area contributed by atoms with Crippen molar-refractivity contribution in [3.05, 3.63) is 29.6 Å². The van der Waals surface area contributed by atoms with Gasteiger partial charge in [0.25, 0.3) is 5.91 Å². The van der Waals surface area contributed by atoms with Crippen LogP contribution in [0.5, 0.6) is 0 Å². The zero-order chi connectivity index (χ0) is 13.8. The van der Waals surface area contributed by atoms with Gasteiger partial charge in [0.15, 0.2) is 5.82 Å². The third-order valence-electron chi connectivity index (χ3n) is 3.43. The Kier molecular flexibility index (Phi) is 4.74. The van der Waals surface area contributed by atoms with Crippen LogP contribution >= 0.6 is 11.8 Å². The van der Waals surface area contributed by atoms with Gasteiger partial charge in [-0.2, -0.15) is 16.2 Å². The van der Waals surface area contributed by atoms with E-state index in [0.717, 1.165) is 31.9 Å². The zero-order valence-corrected chi connectivity index (χ0v) is 11.5. The van der Waals surface area contributed by atoms with Crippen molar-refractivity contribution in [3.63, 3.8) is 0 Å². The molecule has 1 N–H and O–H groups in total. The molecule has 0 aromatic carbocycles. The van der Waals surface area contributed by atoms with Crippen LogP contribution in [0.4, 0.5) is 8.78 Å². The van der Waals surface area contributed by atoms with E-state index in [2.05, 4.69) is 16.6 Å². The van der Waals surface area contributed by atoms with Gasteiger partial charge in [0.05, 0.1) is 5.56 Å². The van der Waals surface area contributed by atoms with Gasteiger partial charge in [0.2, 0.25) is 5.95 Å². The highest BCUT2D eigenvalue weighted by atomic mass is 32.2. The van der Waals surface area contributed by atoms with Crippen LogP contribution in [0.25, 0.3) is 0 Å². The molecule has 0 aliphatic heterocycles. The average Bonchev–Trinajstić information content (AvgIpc) is 2.42. The topological polar surface area (TPSA) is 42.0 Å². The molecule has 0 saturated heterocycles. The highest BCUT2D eigenvalue weighted by Crippen LogP contribution is 2.27. The Morgan fingerprint density at radius 3 is 2.68 bits per heavy atom. The summed E-state index contributed by atoms with van der Waals surface area (Å²) in [4.78, 5) is 15.1. The summed E-state index contributed by atoms with van der Waals surface area (Å²) >= 11 is 1.84. The van der Waals surface area contributed by atoms with Gasteiger partial charge in [0, 0.05) is 17.5 Å². The summed E-state index contributed by atoms with van der Waals surface area (Å²) in [6.45, 7) is 0. The fraction of sp³-hybridized carbons (Fsp3) is 0.538. The molecule has 1 heterocycles. The lowest BCUT2D eigenvalue weighted by atomic mass is 9.95. The van der Waals surface area contributed by atoms with Gasteiger partial charge in [-0.05, 0) is 38.0 Å². The van der Waals surface area contributed by atoms with Crippen LogP contribution in [0.1, 0.15) is 36.0 Å². The summed E-state index contributed by atoms with van der Waals surface area (Å²) in [6.07, 6.45) is 7.02. The second kappa shape index (κ2) is 6.32. The predicted octanol–water partition coefficient (Wildman–Crippen LogP) is 2.76. The van der Waals surface area contributed by atoms with Gasteiger partial charge in [-0.25, -0.2) is 9.37 Å². The molecule has 104 valence electrons. The first-order chi connectivity index (χ1) is 9.11. The molecule has 1 aliphatic carbocycles. The highest BCUT2D eigenvalue weighted by Gasteiger charge is 2.24. The lowest BCUT2D eigenvalue weighted by molar-refractivity contribution is 0.0922. The number of carbonyl (C=O) groups excluding carboxylic acids is 1. The number of hydrogen-bond donors (Lipinski definition) is 1. The van der Waals surface area contributed by atoms with Gasteiger partial charge >= 0.3 is 0 Å². The summed E-state index contributed by atoms with van der Waals surface area (Å²) in [5.74, 6) is -2.98. The van der Waals surface area contributed by atoms with Crippen molar-refractivity contribution in [2.45, 2.75) is 37.0 Å². The Labute approximate surface area is 115 Å². The van der Waals surface area contributed by atoms with Gasteiger partial charge < -0.3 is 5.32 Å².